The van der Waals surface area contributed by atoms with Crippen molar-refractivity contribution in [2.24, 2.45) is 0 Å². The molecule has 3 nitrogen and oxygen atoms in total. The quantitative estimate of drug-likeness (QED) is 0.898. The van der Waals surface area contributed by atoms with E-state index in [1.165, 1.54) is 18.4 Å². The molecular weight excluding hydrogens is 258 g/mol. The van der Waals surface area contributed by atoms with Gasteiger partial charge in [0.2, 0.25) is 0 Å². The smallest absolute Gasteiger partial charge is 0.0474 e. The highest BCUT2D eigenvalue weighted by atomic mass is 15.3. The van der Waals surface area contributed by atoms with E-state index in [9.17, 15) is 0 Å². The van der Waals surface area contributed by atoms with Gasteiger partial charge >= 0.3 is 0 Å². The third kappa shape index (κ3) is 3.65. The van der Waals surface area contributed by atoms with E-state index in [2.05, 4.69) is 66.3 Å². The lowest BCUT2D eigenvalue weighted by Crippen LogP contribution is -2.59. The van der Waals surface area contributed by atoms with Crippen molar-refractivity contribution in [3.8, 4) is 0 Å². The molecule has 0 aromatic heterocycles. The molecule has 1 aliphatic heterocycles. The van der Waals surface area contributed by atoms with Crippen molar-refractivity contribution in [2.75, 3.05) is 33.2 Å². The van der Waals surface area contributed by atoms with Crippen molar-refractivity contribution in [1.82, 2.24) is 15.1 Å². The molecule has 21 heavy (non-hydrogen) atoms. The summed E-state index contributed by atoms with van der Waals surface area (Å²) in [6, 6.07) is 12.3. The molecule has 1 saturated heterocycles. The third-order valence-electron chi connectivity index (χ3n) is 5.15. The first-order valence-corrected chi connectivity index (χ1v) is 8.30. The summed E-state index contributed by atoms with van der Waals surface area (Å²) in [7, 11) is 2.25. The Hall–Kier alpha value is -0.900. The second kappa shape index (κ2) is 6.07. The average molecular weight is 287 g/mol. The van der Waals surface area contributed by atoms with Crippen molar-refractivity contribution in [3.05, 3.63) is 35.9 Å². The van der Waals surface area contributed by atoms with Crippen LogP contribution < -0.4 is 5.32 Å². The van der Waals surface area contributed by atoms with Gasteiger partial charge in [-0.15, -0.1) is 0 Å². The molecule has 1 heterocycles. The molecule has 1 saturated carbocycles. The van der Waals surface area contributed by atoms with Gasteiger partial charge in [-0.2, -0.15) is 0 Å². The van der Waals surface area contributed by atoms with E-state index in [1.807, 2.05) is 0 Å². The van der Waals surface area contributed by atoms with Gasteiger partial charge < -0.3 is 5.32 Å². The summed E-state index contributed by atoms with van der Waals surface area (Å²) in [5, 5.41) is 3.74. The summed E-state index contributed by atoms with van der Waals surface area (Å²) in [6.07, 6.45) is 2.71. The van der Waals surface area contributed by atoms with Gasteiger partial charge in [0.05, 0.1) is 0 Å². The van der Waals surface area contributed by atoms with Gasteiger partial charge in [0.1, 0.15) is 0 Å². The van der Waals surface area contributed by atoms with Gasteiger partial charge in [0, 0.05) is 43.8 Å². The second-order valence-electron chi connectivity index (χ2n) is 7.31. The zero-order valence-corrected chi connectivity index (χ0v) is 13.7. The first-order chi connectivity index (χ1) is 10.1. The average Bonchev–Trinajstić information content (AvgIpc) is 3.28. The molecule has 1 atom stereocenters. The highest BCUT2D eigenvalue weighted by Crippen LogP contribution is 2.28. The van der Waals surface area contributed by atoms with E-state index in [-0.39, 0.29) is 5.54 Å². The van der Waals surface area contributed by atoms with Crippen LogP contribution in [0.1, 0.15) is 38.3 Å². The first kappa shape index (κ1) is 15.0. The number of hydrogen-bond acceptors (Lipinski definition) is 3. The molecule has 0 spiro atoms. The van der Waals surface area contributed by atoms with Crippen molar-refractivity contribution in [1.29, 1.82) is 0 Å². The molecule has 0 bridgehead atoms. The number of nitrogens with zero attached hydrogens (tertiary/aromatic N) is 2. The maximum Gasteiger partial charge on any atom is 0.0474 e. The minimum atomic E-state index is 0.255. The molecule has 1 unspecified atom stereocenters. The molecule has 1 aromatic carbocycles. The van der Waals surface area contributed by atoms with Crippen LogP contribution >= 0.6 is 0 Å². The number of nitrogens with one attached hydrogen (secondary N) is 1. The Morgan fingerprint density at radius 3 is 2.52 bits per heavy atom. The van der Waals surface area contributed by atoms with Crippen LogP contribution in [0, 0.1) is 0 Å². The Morgan fingerprint density at radius 1 is 1.19 bits per heavy atom. The van der Waals surface area contributed by atoms with Gasteiger partial charge in [-0.05, 0) is 39.3 Å². The van der Waals surface area contributed by atoms with Crippen molar-refractivity contribution >= 4 is 0 Å². The molecule has 2 aliphatic rings. The Bertz CT molecular complexity index is 453. The predicted octanol–water partition coefficient (Wildman–Crippen LogP) is 2.51. The van der Waals surface area contributed by atoms with Crippen molar-refractivity contribution in [2.45, 2.75) is 44.3 Å². The number of hydrogen-bond donors (Lipinski definition) is 1. The summed E-state index contributed by atoms with van der Waals surface area (Å²) in [4.78, 5) is 5.16. The number of piperazine rings is 1. The molecular formula is C18H29N3. The fraction of sp³-hybridized carbons (Fsp3) is 0.667. The van der Waals surface area contributed by atoms with E-state index in [0.29, 0.717) is 6.04 Å². The molecule has 2 fully saturated rings. The molecule has 0 radical (unpaired) electrons. The maximum atomic E-state index is 3.74. The third-order valence-corrected chi connectivity index (χ3v) is 5.15. The van der Waals surface area contributed by atoms with Crippen LogP contribution in [0.4, 0.5) is 0 Å². The van der Waals surface area contributed by atoms with Crippen LogP contribution in [0.3, 0.4) is 0 Å². The molecule has 1 aromatic rings. The predicted molar refractivity (Wildman–Crippen MR) is 88.5 cm³/mol. The summed E-state index contributed by atoms with van der Waals surface area (Å²) < 4.78 is 0. The van der Waals surface area contributed by atoms with Crippen molar-refractivity contribution < 1.29 is 0 Å². The zero-order chi connectivity index (χ0) is 14.9. The van der Waals surface area contributed by atoms with E-state index in [0.717, 1.165) is 32.2 Å². The lowest BCUT2D eigenvalue weighted by Gasteiger charge is -2.48. The summed E-state index contributed by atoms with van der Waals surface area (Å²) in [5.41, 5.74) is 1.70. The summed E-state index contributed by atoms with van der Waals surface area (Å²) >= 11 is 0. The number of likely N-dealkylation sites (N-methyl/N-ethyl adjacent to an activating group) is 1. The lowest BCUT2D eigenvalue weighted by atomic mass is 9.96. The number of benzene rings is 1. The minimum Gasteiger partial charge on any atom is -0.312 e. The van der Waals surface area contributed by atoms with E-state index < -0.39 is 0 Å². The summed E-state index contributed by atoms with van der Waals surface area (Å²) in [5.74, 6) is 0. The molecule has 3 rings (SSSR count). The van der Waals surface area contributed by atoms with Gasteiger partial charge in [-0.1, -0.05) is 30.3 Å². The monoisotopic (exact) mass is 287 g/mol. The Balaban J connectivity index is 1.74. The molecule has 116 valence electrons. The van der Waals surface area contributed by atoms with Gasteiger partial charge in [-0.25, -0.2) is 0 Å². The van der Waals surface area contributed by atoms with Gasteiger partial charge in [-0.3, -0.25) is 9.80 Å². The van der Waals surface area contributed by atoms with E-state index >= 15 is 0 Å². The van der Waals surface area contributed by atoms with Crippen LogP contribution in [0.5, 0.6) is 0 Å². The van der Waals surface area contributed by atoms with Crippen LogP contribution in [0.15, 0.2) is 30.3 Å². The van der Waals surface area contributed by atoms with Crippen molar-refractivity contribution in [3.63, 3.8) is 0 Å². The van der Waals surface area contributed by atoms with Crippen LogP contribution in [0.2, 0.25) is 0 Å². The fourth-order valence-electron chi connectivity index (χ4n) is 3.24. The van der Waals surface area contributed by atoms with Crippen LogP contribution in [-0.2, 0) is 0 Å². The first-order valence-electron chi connectivity index (χ1n) is 8.30. The normalized spacial score (nSPS) is 24.9. The van der Waals surface area contributed by atoms with E-state index in [4.69, 9.17) is 0 Å². The summed E-state index contributed by atoms with van der Waals surface area (Å²) in [6.45, 7) is 9.24. The lowest BCUT2D eigenvalue weighted by molar-refractivity contribution is 0.0161. The Kier molecular flexibility index (Phi) is 4.34. The SMILES string of the molecule is CN1CCN(C(CNC2CC2)c2ccccc2)CC1(C)C. The topological polar surface area (TPSA) is 18.5 Å². The molecule has 0 amide bonds. The van der Waals surface area contributed by atoms with E-state index in [1.54, 1.807) is 0 Å². The van der Waals surface area contributed by atoms with Crippen LogP contribution in [-0.4, -0.2) is 54.6 Å². The standard InChI is InChI=1S/C18H29N3/c1-18(2)14-21(12-11-20(18)3)17(13-19-16-9-10-16)15-7-5-4-6-8-15/h4-8,16-17,19H,9-14H2,1-3H3. The Morgan fingerprint density at radius 2 is 1.90 bits per heavy atom. The highest BCUT2D eigenvalue weighted by Gasteiger charge is 2.35. The highest BCUT2D eigenvalue weighted by molar-refractivity contribution is 5.20. The minimum absolute atomic E-state index is 0.255. The van der Waals surface area contributed by atoms with Gasteiger partial charge in [0.25, 0.3) is 0 Å². The second-order valence-corrected chi connectivity index (χ2v) is 7.31. The molecule has 3 heteroatoms. The number of rotatable bonds is 5. The molecule has 1 N–H and O–H groups in total. The largest absolute Gasteiger partial charge is 0.312 e. The zero-order valence-electron chi connectivity index (χ0n) is 13.7. The molecule has 1 aliphatic carbocycles. The van der Waals surface area contributed by atoms with Gasteiger partial charge in [0.15, 0.2) is 0 Å². The van der Waals surface area contributed by atoms with Crippen LogP contribution in [0.25, 0.3) is 0 Å². The fourth-order valence-corrected chi connectivity index (χ4v) is 3.24. The maximum absolute atomic E-state index is 3.74. The Labute approximate surface area is 129 Å².